The molecule has 0 aromatic heterocycles. The molecule has 16 heavy (non-hydrogen) atoms. The van der Waals surface area contributed by atoms with E-state index in [0.717, 1.165) is 25.2 Å². The van der Waals surface area contributed by atoms with Crippen LogP contribution in [0.2, 0.25) is 0 Å². The van der Waals surface area contributed by atoms with Gasteiger partial charge in [-0.05, 0) is 21.0 Å². The van der Waals surface area contributed by atoms with Gasteiger partial charge in [-0.2, -0.15) is 0 Å². The van der Waals surface area contributed by atoms with Gasteiger partial charge >= 0.3 is 5.97 Å². The Balaban J connectivity index is 4.19. The van der Waals surface area contributed by atoms with Gasteiger partial charge in [0.1, 0.15) is 0 Å². The van der Waals surface area contributed by atoms with Gasteiger partial charge in [-0.1, -0.05) is 19.1 Å². The van der Waals surface area contributed by atoms with Crippen LogP contribution in [0.25, 0.3) is 0 Å². The van der Waals surface area contributed by atoms with Gasteiger partial charge in [-0.15, -0.1) is 0 Å². The zero-order valence-corrected chi connectivity index (χ0v) is 10.9. The van der Waals surface area contributed by atoms with Crippen molar-refractivity contribution in [2.75, 3.05) is 40.3 Å². The zero-order chi connectivity index (χ0) is 12.7. The van der Waals surface area contributed by atoms with Crippen molar-refractivity contribution in [3.8, 4) is 0 Å². The number of aliphatic carboxylic acids is 1. The standard InChI is InChI=1S/C12H24N2O2/c1-10(2)8-14(7-6-13(4)5)9-11(3)12(15)16/h11H,1,6-9H2,2-5H3,(H,15,16). The Hall–Kier alpha value is -0.870. The average molecular weight is 228 g/mol. The van der Waals surface area contributed by atoms with Crippen molar-refractivity contribution < 1.29 is 9.90 Å². The Bertz CT molecular complexity index is 239. The molecule has 0 saturated heterocycles. The molecule has 0 spiro atoms. The summed E-state index contributed by atoms with van der Waals surface area (Å²) < 4.78 is 0. The van der Waals surface area contributed by atoms with Crippen LogP contribution >= 0.6 is 0 Å². The highest BCUT2D eigenvalue weighted by Crippen LogP contribution is 2.03. The second-order valence-electron chi connectivity index (χ2n) is 4.73. The first-order chi connectivity index (χ1) is 7.32. The lowest BCUT2D eigenvalue weighted by atomic mass is 10.1. The summed E-state index contributed by atoms with van der Waals surface area (Å²) in [6.07, 6.45) is 0. The highest BCUT2D eigenvalue weighted by molar-refractivity contribution is 5.69. The maximum absolute atomic E-state index is 10.8. The molecule has 4 nitrogen and oxygen atoms in total. The number of carboxylic acid groups (broad SMARTS) is 1. The average Bonchev–Trinajstić information content (AvgIpc) is 2.12. The van der Waals surface area contributed by atoms with E-state index in [1.165, 1.54) is 0 Å². The fourth-order valence-electron chi connectivity index (χ4n) is 1.42. The molecule has 0 radical (unpaired) electrons. The van der Waals surface area contributed by atoms with Crippen LogP contribution in [0.4, 0.5) is 0 Å². The smallest absolute Gasteiger partial charge is 0.307 e. The van der Waals surface area contributed by atoms with Crippen molar-refractivity contribution in [3.63, 3.8) is 0 Å². The molecular weight excluding hydrogens is 204 g/mol. The fourth-order valence-corrected chi connectivity index (χ4v) is 1.42. The minimum absolute atomic E-state index is 0.332. The molecule has 1 N–H and O–H groups in total. The number of carbonyl (C=O) groups is 1. The van der Waals surface area contributed by atoms with E-state index in [9.17, 15) is 4.79 Å². The van der Waals surface area contributed by atoms with Crippen molar-refractivity contribution in [1.29, 1.82) is 0 Å². The van der Waals surface area contributed by atoms with Crippen LogP contribution in [-0.4, -0.2) is 61.2 Å². The van der Waals surface area contributed by atoms with Gasteiger partial charge in [-0.3, -0.25) is 9.69 Å². The lowest BCUT2D eigenvalue weighted by Crippen LogP contribution is -2.37. The second kappa shape index (κ2) is 7.41. The highest BCUT2D eigenvalue weighted by atomic mass is 16.4. The Morgan fingerprint density at radius 3 is 2.31 bits per heavy atom. The third kappa shape index (κ3) is 7.43. The molecule has 0 aromatic rings. The maximum atomic E-state index is 10.8. The van der Waals surface area contributed by atoms with Crippen LogP contribution < -0.4 is 0 Å². The molecule has 0 saturated carbocycles. The number of rotatable bonds is 8. The van der Waals surface area contributed by atoms with Crippen molar-refractivity contribution in [1.82, 2.24) is 9.80 Å². The van der Waals surface area contributed by atoms with Crippen LogP contribution in [-0.2, 0) is 4.79 Å². The number of carboxylic acids is 1. The van der Waals surface area contributed by atoms with Crippen LogP contribution in [0.5, 0.6) is 0 Å². The number of nitrogens with zero attached hydrogens (tertiary/aromatic N) is 2. The molecule has 0 bridgehead atoms. The molecular formula is C12H24N2O2. The molecule has 0 aliphatic carbocycles. The van der Waals surface area contributed by atoms with Gasteiger partial charge < -0.3 is 10.0 Å². The van der Waals surface area contributed by atoms with Gasteiger partial charge in [-0.25, -0.2) is 0 Å². The molecule has 0 rings (SSSR count). The first kappa shape index (κ1) is 15.1. The zero-order valence-electron chi connectivity index (χ0n) is 10.9. The Kier molecular flexibility index (Phi) is 7.01. The topological polar surface area (TPSA) is 43.8 Å². The Morgan fingerprint density at radius 2 is 1.94 bits per heavy atom. The van der Waals surface area contributed by atoms with Crippen molar-refractivity contribution in [3.05, 3.63) is 12.2 Å². The predicted molar refractivity (Wildman–Crippen MR) is 66.6 cm³/mol. The molecule has 4 heteroatoms. The van der Waals surface area contributed by atoms with E-state index < -0.39 is 5.97 Å². The molecule has 0 heterocycles. The molecule has 94 valence electrons. The fraction of sp³-hybridized carbons (Fsp3) is 0.750. The lowest BCUT2D eigenvalue weighted by molar-refractivity contribution is -0.141. The van der Waals surface area contributed by atoms with Gasteiger partial charge in [0.05, 0.1) is 5.92 Å². The summed E-state index contributed by atoms with van der Waals surface area (Å²) in [6, 6.07) is 0. The third-order valence-electron chi connectivity index (χ3n) is 2.31. The lowest BCUT2D eigenvalue weighted by Gasteiger charge is -2.25. The highest BCUT2D eigenvalue weighted by Gasteiger charge is 2.15. The van der Waals surface area contributed by atoms with E-state index in [4.69, 9.17) is 5.11 Å². The summed E-state index contributed by atoms with van der Waals surface area (Å²) in [6.45, 7) is 10.7. The van der Waals surface area contributed by atoms with E-state index in [1.54, 1.807) is 6.92 Å². The van der Waals surface area contributed by atoms with Crippen molar-refractivity contribution >= 4 is 5.97 Å². The molecule has 0 aliphatic rings. The van der Waals surface area contributed by atoms with Crippen molar-refractivity contribution in [2.24, 2.45) is 5.92 Å². The quantitative estimate of drug-likeness (QED) is 0.633. The normalized spacial score (nSPS) is 13.1. The van der Waals surface area contributed by atoms with Gasteiger partial charge in [0.2, 0.25) is 0 Å². The number of likely N-dealkylation sites (N-methyl/N-ethyl adjacent to an activating group) is 1. The molecule has 0 aliphatic heterocycles. The van der Waals surface area contributed by atoms with E-state index in [2.05, 4.69) is 16.4 Å². The summed E-state index contributed by atoms with van der Waals surface area (Å²) in [4.78, 5) is 15.0. The van der Waals surface area contributed by atoms with Crippen LogP contribution in [0.1, 0.15) is 13.8 Å². The molecule has 0 amide bonds. The largest absolute Gasteiger partial charge is 0.481 e. The van der Waals surface area contributed by atoms with Crippen molar-refractivity contribution in [2.45, 2.75) is 13.8 Å². The van der Waals surface area contributed by atoms with Crippen LogP contribution in [0.3, 0.4) is 0 Å². The molecule has 1 unspecified atom stereocenters. The summed E-state index contributed by atoms with van der Waals surface area (Å²) >= 11 is 0. The van der Waals surface area contributed by atoms with E-state index in [0.29, 0.717) is 6.54 Å². The van der Waals surface area contributed by atoms with E-state index >= 15 is 0 Å². The SMILES string of the molecule is C=C(C)CN(CCN(C)C)CC(C)C(=O)O. The van der Waals surface area contributed by atoms with E-state index in [1.807, 2.05) is 21.0 Å². The monoisotopic (exact) mass is 228 g/mol. The minimum atomic E-state index is -0.739. The molecule has 0 aromatic carbocycles. The third-order valence-corrected chi connectivity index (χ3v) is 2.31. The predicted octanol–water partition coefficient (Wildman–Crippen LogP) is 1.15. The summed E-state index contributed by atoms with van der Waals surface area (Å²) in [5, 5.41) is 8.88. The second-order valence-corrected chi connectivity index (χ2v) is 4.73. The Labute approximate surface area is 98.5 Å². The van der Waals surface area contributed by atoms with Gasteiger partial charge in [0.15, 0.2) is 0 Å². The number of hydrogen-bond donors (Lipinski definition) is 1. The first-order valence-corrected chi connectivity index (χ1v) is 5.57. The summed E-state index contributed by atoms with van der Waals surface area (Å²) in [5.74, 6) is -1.07. The van der Waals surface area contributed by atoms with E-state index in [-0.39, 0.29) is 5.92 Å². The van der Waals surface area contributed by atoms with Crippen LogP contribution in [0.15, 0.2) is 12.2 Å². The van der Waals surface area contributed by atoms with Crippen LogP contribution in [0, 0.1) is 5.92 Å². The maximum Gasteiger partial charge on any atom is 0.307 e. The van der Waals surface area contributed by atoms with Gasteiger partial charge in [0.25, 0.3) is 0 Å². The summed E-state index contributed by atoms with van der Waals surface area (Å²) in [5.41, 5.74) is 1.07. The van der Waals surface area contributed by atoms with Gasteiger partial charge in [0, 0.05) is 26.2 Å². The summed E-state index contributed by atoms with van der Waals surface area (Å²) in [7, 11) is 4.03. The first-order valence-electron chi connectivity index (χ1n) is 5.57. The molecule has 0 fully saturated rings. The molecule has 1 atom stereocenters. The minimum Gasteiger partial charge on any atom is -0.481 e. The number of hydrogen-bond acceptors (Lipinski definition) is 3. The Morgan fingerprint density at radius 1 is 1.38 bits per heavy atom.